The van der Waals surface area contributed by atoms with Gasteiger partial charge in [-0.05, 0) is 17.7 Å². The fraction of sp³-hybridized carbons (Fsp3) is 0.273. The third kappa shape index (κ3) is 2.19. The van der Waals surface area contributed by atoms with E-state index in [1.54, 1.807) is 24.3 Å². The summed E-state index contributed by atoms with van der Waals surface area (Å²) in [5.41, 5.74) is 0.859. The van der Waals surface area contributed by atoms with Crippen molar-refractivity contribution < 1.29 is 14.0 Å². The Morgan fingerprint density at radius 1 is 1.44 bits per heavy atom. The average Bonchev–Trinajstić information content (AvgIpc) is 2.62. The summed E-state index contributed by atoms with van der Waals surface area (Å²) in [6.45, 7) is 0.286. The SMILES string of the molecule is COCN1OC=C(Cl)C1c1ccc(F)cc1. The Kier molecular flexibility index (Phi) is 3.43. The molecule has 86 valence electrons. The van der Waals surface area contributed by atoms with Crippen LogP contribution in [0.3, 0.4) is 0 Å². The maximum atomic E-state index is 12.8. The molecule has 0 saturated heterocycles. The Morgan fingerprint density at radius 2 is 2.12 bits per heavy atom. The van der Waals surface area contributed by atoms with Crippen molar-refractivity contribution >= 4 is 11.6 Å². The normalized spacial score (nSPS) is 20.7. The number of methoxy groups -OCH3 is 1. The zero-order chi connectivity index (χ0) is 11.5. The van der Waals surface area contributed by atoms with E-state index in [0.29, 0.717) is 5.03 Å². The van der Waals surface area contributed by atoms with Crippen LogP contribution in [0.15, 0.2) is 35.6 Å². The van der Waals surface area contributed by atoms with Crippen molar-refractivity contribution in [2.75, 3.05) is 13.8 Å². The minimum absolute atomic E-state index is 0.234. The third-order valence-corrected chi connectivity index (χ3v) is 2.59. The molecule has 1 aliphatic rings. The molecule has 3 nitrogen and oxygen atoms in total. The van der Waals surface area contributed by atoms with Gasteiger partial charge in [0, 0.05) is 7.11 Å². The summed E-state index contributed by atoms with van der Waals surface area (Å²) in [4.78, 5) is 5.22. The molecular weight excluding hydrogens is 233 g/mol. The van der Waals surface area contributed by atoms with Crippen molar-refractivity contribution in [1.82, 2.24) is 5.06 Å². The molecule has 1 aromatic rings. The van der Waals surface area contributed by atoms with Gasteiger partial charge in [-0.1, -0.05) is 23.7 Å². The average molecular weight is 244 g/mol. The largest absolute Gasteiger partial charge is 0.409 e. The van der Waals surface area contributed by atoms with Crippen molar-refractivity contribution in [3.63, 3.8) is 0 Å². The summed E-state index contributed by atoms with van der Waals surface area (Å²) < 4.78 is 17.8. The second-order valence-electron chi connectivity index (χ2n) is 3.40. The molecule has 0 fully saturated rings. The molecule has 1 atom stereocenters. The van der Waals surface area contributed by atoms with Crippen LogP contribution < -0.4 is 0 Å². The third-order valence-electron chi connectivity index (χ3n) is 2.29. The maximum Gasteiger partial charge on any atom is 0.133 e. The topological polar surface area (TPSA) is 21.7 Å². The van der Waals surface area contributed by atoms with E-state index in [1.807, 2.05) is 0 Å². The zero-order valence-corrected chi connectivity index (χ0v) is 9.45. The monoisotopic (exact) mass is 243 g/mol. The molecule has 0 spiro atoms. The van der Waals surface area contributed by atoms with E-state index in [9.17, 15) is 4.39 Å². The highest BCUT2D eigenvalue weighted by Crippen LogP contribution is 2.35. The summed E-state index contributed by atoms with van der Waals surface area (Å²) in [7, 11) is 1.57. The van der Waals surface area contributed by atoms with Crippen molar-refractivity contribution in [3.05, 3.63) is 46.9 Å². The molecule has 0 radical (unpaired) electrons. The van der Waals surface area contributed by atoms with E-state index in [-0.39, 0.29) is 18.6 Å². The molecule has 16 heavy (non-hydrogen) atoms. The van der Waals surface area contributed by atoms with Crippen molar-refractivity contribution in [2.45, 2.75) is 6.04 Å². The molecule has 2 rings (SSSR count). The van der Waals surface area contributed by atoms with Gasteiger partial charge in [-0.15, -0.1) is 5.06 Å². The minimum Gasteiger partial charge on any atom is -0.409 e. The molecule has 5 heteroatoms. The van der Waals surface area contributed by atoms with Crippen molar-refractivity contribution in [2.24, 2.45) is 0 Å². The lowest BCUT2D eigenvalue weighted by Crippen LogP contribution is -2.25. The first kappa shape index (κ1) is 11.4. The van der Waals surface area contributed by atoms with E-state index >= 15 is 0 Å². The summed E-state index contributed by atoms with van der Waals surface area (Å²) in [6.07, 6.45) is 1.45. The van der Waals surface area contributed by atoms with Gasteiger partial charge < -0.3 is 9.57 Å². The van der Waals surface area contributed by atoms with E-state index in [2.05, 4.69) is 0 Å². The quantitative estimate of drug-likeness (QED) is 0.815. The fourth-order valence-electron chi connectivity index (χ4n) is 1.58. The van der Waals surface area contributed by atoms with Crippen LogP contribution in [0.2, 0.25) is 0 Å². The first-order valence-electron chi connectivity index (χ1n) is 4.75. The van der Waals surface area contributed by atoms with Crippen LogP contribution in [0.4, 0.5) is 4.39 Å². The molecule has 1 aromatic carbocycles. The van der Waals surface area contributed by atoms with Crippen LogP contribution in [0.25, 0.3) is 0 Å². The number of rotatable bonds is 3. The number of hydrogen-bond donors (Lipinski definition) is 0. The van der Waals surface area contributed by atoms with Gasteiger partial charge in [-0.3, -0.25) is 0 Å². The van der Waals surface area contributed by atoms with Gasteiger partial charge in [0.2, 0.25) is 0 Å². The van der Waals surface area contributed by atoms with Gasteiger partial charge in [0.15, 0.2) is 0 Å². The first-order valence-corrected chi connectivity index (χ1v) is 5.13. The van der Waals surface area contributed by atoms with Gasteiger partial charge in [-0.2, -0.15) is 0 Å². The second kappa shape index (κ2) is 4.82. The molecule has 0 bridgehead atoms. The lowest BCUT2D eigenvalue weighted by Gasteiger charge is -2.22. The van der Waals surface area contributed by atoms with Crippen LogP contribution in [0, 0.1) is 5.82 Å². The van der Waals surface area contributed by atoms with Gasteiger partial charge in [-0.25, -0.2) is 4.39 Å². The highest BCUT2D eigenvalue weighted by atomic mass is 35.5. The molecule has 0 N–H and O–H groups in total. The summed E-state index contributed by atoms with van der Waals surface area (Å²) in [5.74, 6) is -0.277. The predicted molar refractivity (Wildman–Crippen MR) is 57.9 cm³/mol. The predicted octanol–water partition coefficient (Wildman–Crippen LogP) is 2.80. The summed E-state index contributed by atoms with van der Waals surface area (Å²) >= 11 is 6.03. The molecular formula is C11H11ClFNO2. The number of hydroxylamine groups is 2. The van der Waals surface area contributed by atoms with E-state index in [4.69, 9.17) is 21.2 Å². The molecule has 1 unspecified atom stereocenters. The van der Waals surface area contributed by atoms with Gasteiger partial charge in [0.25, 0.3) is 0 Å². The fourth-order valence-corrected chi connectivity index (χ4v) is 1.86. The smallest absolute Gasteiger partial charge is 0.133 e. The number of nitrogens with zero attached hydrogens (tertiary/aromatic N) is 1. The maximum absolute atomic E-state index is 12.8. The standard InChI is InChI=1S/C11H11ClFNO2/c1-15-7-14-11(10(12)6-16-14)8-2-4-9(13)5-3-8/h2-6,11H,7H2,1H3. The minimum atomic E-state index is -0.277. The highest BCUT2D eigenvalue weighted by Gasteiger charge is 2.30. The number of ether oxygens (including phenoxy) is 1. The van der Waals surface area contributed by atoms with Gasteiger partial charge >= 0.3 is 0 Å². The van der Waals surface area contributed by atoms with Crippen molar-refractivity contribution in [1.29, 1.82) is 0 Å². The Morgan fingerprint density at radius 3 is 2.75 bits per heavy atom. The summed E-state index contributed by atoms with van der Waals surface area (Å²) in [6, 6.07) is 5.90. The lowest BCUT2D eigenvalue weighted by atomic mass is 10.1. The Balaban J connectivity index is 2.23. The molecule has 0 aromatic heterocycles. The van der Waals surface area contributed by atoms with Crippen LogP contribution in [-0.4, -0.2) is 18.9 Å². The van der Waals surface area contributed by atoms with Crippen LogP contribution in [-0.2, 0) is 9.57 Å². The molecule has 0 saturated carbocycles. The Labute approximate surface area is 98.0 Å². The lowest BCUT2D eigenvalue weighted by molar-refractivity contribution is -0.162. The molecule has 0 amide bonds. The summed E-state index contributed by atoms with van der Waals surface area (Å²) in [5, 5.41) is 2.12. The number of halogens is 2. The zero-order valence-electron chi connectivity index (χ0n) is 8.69. The van der Waals surface area contributed by atoms with E-state index in [0.717, 1.165) is 5.56 Å². The van der Waals surface area contributed by atoms with E-state index in [1.165, 1.54) is 18.4 Å². The van der Waals surface area contributed by atoms with Crippen molar-refractivity contribution in [3.8, 4) is 0 Å². The Bertz CT molecular complexity index is 393. The van der Waals surface area contributed by atoms with Crippen LogP contribution in [0.1, 0.15) is 11.6 Å². The van der Waals surface area contributed by atoms with Crippen LogP contribution in [0.5, 0.6) is 0 Å². The molecule has 0 aliphatic carbocycles. The molecule has 1 heterocycles. The van der Waals surface area contributed by atoms with Gasteiger partial charge in [0.05, 0.1) is 5.03 Å². The first-order chi connectivity index (χ1) is 7.72. The van der Waals surface area contributed by atoms with E-state index < -0.39 is 0 Å². The highest BCUT2D eigenvalue weighted by molar-refractivity contribution is 6.30. The van der Waals surface area contributed by atoms with Gasteiger partial charge in [0.1, 0.15) is 24.9 Å². The second-order valence-corrected chi connectivity index (χ2v) is 3.83. The molecule has 1 aliphatic heterocycles. The Hall–Kier alpha value is -1.10. The number of benzene rings is 1. The number of hydrogen-bond acceptors (Lipinski definition) is 3. The van der Waals surface area contributed by atoms with Crippen LogP contribution >= 0.6 is 11.6 Å².